The molecule has 10 heteroatoms. The van der Waals surface area contributed by atoms with E-state index in [9.17, 15) is 24.6 Å². The largest absolute Gasteiger partial charge is 0.496 e. The van der Waals surface area contributed by atoms with Crippen molar-refractivity contribution < 1.29 is 43.9 Å². The van der Waals surface area contributed by atoms with Gasteiger partial charge in [-0.15, -0.1) is 0 Å². The SMILES string of the molecule is CCCc1ccc2c(OCCC(NC)(OC(=O)CC(O)(CC(=O)O)C(=O)O)c3ccccc3OC)cccc2c1. The van der Waals surface area contributed by atoms with E-state index < -0.39 is 42.1 Å². The molecule has 0 heterocycles. The van der Waals surface area contributed by atoms with Crippen LogP contribution in [0.5, 0.6) is 11.5 Å². The average molecular weight is 554 g/mol. The summed E-state index contributed by atoms with van der Waals surface area (Å²) in [5.41, 5.74) is -2.75. The lowest BCUT2D eigenvalue weighted by Crippen LogP contribution is -2.48. The van der Waals surface area contributed by atoms with Crippen molar-refractivity contribution >= 4 is 28.7 Å². The number of esters is 1. The van der Waals surface area contributed by atoms with Gasteiger partial charge in [0.2, 0.25) is 0 Å². The van der Waals surface area contributed by atoms with Gasteiger partial charge in [-0.05, 0) is 42.6 Å². The van der Waals surface area contributed by atoms with Gasteiger partial charge in [0.05, 0.1) is 32.1 Å². The Kier molecular flexibility index (Phi) is 10.1. The molecule has 0 saturated carbocycles. The number of carbonyl (C=O) groups is 3. The number of para-hydroxylation sites is 1. The maximum Gasteiger partial charge on any atom is 0.336 e. The number of rotatable bonds is 15. The number of hydrogen-bond acceptors (Lipinski definition) is 8. The second kappa shape index (κ2) is 13.3. The summed E-state index contributed by atoms with van der Waals surface area (Å²) in [6, 6.07) is 18.8. The Bertz CT molecular complexity index is 1360. The van der Waals surface area contributed by atoms with Crippen LogP contribution in [0, 0.1) is 0 Å². The van der Waals surface area contributed by atoms with Crippen molar-refractivity contribution in [1.29, 1.82) is 0 Å². The Hall–Kier alpha value is -4.15. The lowest BCUT2D eigenvalue weighted by molar-refractivity contribution is -0.181. The van der Waals surface area contributed by atoms with Crippen molar-refractivity contribution in [3.8, 4) is 11.5 Å². The summed E-state index contributed by atoms with van der Waals surface area (Å²) >= 11 is 0. The van der Waals surface area contributed by atoms with Crippen LogP contribution in [0.15, 0.2) is 60.7 Å². The smallest absolute Gasteiger partial charge is 0.336 e. The highest BCUT2D eigenvalue weighted by molar-refractivity contribution is 5.89. The predicted octanol–water partition coefficient (Wildman–Crippen LogP) is 3.87. The summed E-state index contributed by atoms with van der Waals surface area (Å²) in [5, 5.41) is 33.8. The van der Waals surface area contributed by atoms with Crippen molar-refractivity contribution in [2.45, 2.75) is 50.4 Å². The fourth-order valence-corrected chi connectivity index (χ4v) is 4.64. The summed E-state index contributed by atoms with van der Waals surface area (Å²) in [6.45, 7) is 2.20. The molecule has 2 unspecified atom stereocenters. The second-order valence-electron chi connectivity index (χ2n) is 9.50. The molecule has 0 fully saturated rings. The number of nitrogens with one attached hydrogen (secondary N) is 1. The van der Waals surface area contributed by atoms with Crippen molar-refractivity contribution in [3.05, 3.63) is 71.8 Å². The molecule has 0 spiro atoms. The highest BCUT2D eigenvalue weighted by Gasteiger charge is 2.44. The second-order valence-corrected chi connectivity index (χ2v) is 9.50. The summed E-state index contributed by atoms with van der Waals surface area (Å²) in [4.78, 5) is 35.8. The number of benzene rings is 3. The maximum atomic E-state index is 13.0. The number of aryl methyl sites for hydroxylation is 1. The Labute approximate surface area is 232 Å². The number of aliphatic carboxylic acids is 2. The molecule has 214 valence electrons. The van der Waals surface area contributed by atoms with E-state index in [0.717, 1.165) is 23.6 Å². The first-order valence-corrected chi connectivity index (χ1v) is 12.9. The number of fused-ring (bicyclic) bond motifs is 1. The van der Waals surface area contributed by atoms with Crippen molar-refractivity contribution in [1.82, 2.24) is 5.32 Å². The van der Waals surface area contributed by atoms with Crippen LogP contribution in [0.2, 0.25) is 0 Å². The maximum absolute atomic E-state index is 13.0. The standard InChI is InChI=1S/C30H35NO9/c1-4-8-20-13-14-22-21(17-20)9-7-12-24(22)39-16-15-30(31-2,23-10-5-6-11-25(23)38-3)40-27(34)19-29(37,28(35)36)18-26(32)33/h5-7,9-14,17,31,37H,4,8,15-16,18-19H2,1-3H3,(H,32,33)(H,35,36). The lowest BCUT2D eigenvalue weighted by atomic mass is 9.94. The molecular weight excluding hydrogens is 518 g/mol. The molecule has 0 aliphatic heterocycles. The van der Waals surface area contributed by atoms with E-state index in [2.05, 4.69) is 24.4 Å². The van der Waals surface area contributed by atoms with Crippen LogP contribution in [0.1, 0.15) is 43.7 Å². The van der Waals surface area contributed by atoms with E-state index in [1.165, 1.54) is 12.7 Å². The first-order valence-electron chi connectivity index (χ1n) is 12.9. The van der Waals surface area contributed by atoms with Gasteiger partial charge in [0.25, 0.3) is 0 Å². The number of hydrogen-bond donors (Lipinski definition) is 4. The number of methoxy groups -OCH3 is 1. The summed E-state index contributed by atoms with van der Waals surface area (Å²) in [5.74, 6) is -3.52. The zero-order chi connectivity index (χ0) is 29.3. The molecule has 0 radical (unpaired) electrons. The number of ether oxygens (including phenoxy) is 3. The molecule has 0 saturated heterocycles. The quantitative estimate of drug-likeness (QED) is 0.161. The molecule has 3 aromatic carbocycles. The molecule has 2 atom stereocenters. The molecule has 3 aromatic rings. The van der Waals surface area contributed by atoms with E-state index in [1.54, 1.807) is 31.3 Å². The summed E-state index contributed by atoms with van der Waals surface area (Å²) in [7, 11) is 3.00. The minimum absolute atomic E-state index is 0.0599. The van der Waals surface area contributed by atoms with Gasteiger partial charge in [-0.25, -0.2) is 4.79 Å². The highest BCUT2D eigenvalue weighted by atomic mass is 16.6. The van der Waals surface area contributed by atoms with Crippen LogP contribution in [-0.4, -0.2) is 59.6 Å². The zero-order valence-corrected chi connectivity index (χ0v) is 22.8. The normalized spacial score (nSPS) is 14.1. The fraction of sp³-hybridized carbons (Fsp3) is 0.367. The van der Waals surface area contributed by atoms with Crippen LogP contribution < -0.4 is 14.8 Å². The van der Waals surface area contributed by atoms with Gasteiger partial charge in [0, 0.05) is 11.8 Å². The minimum atomic E-state index is -2.85. The molecule has 10 nitrogen and oxygen atoms in total. The van der Waals surface area contributed by atoms with Gasteiger partial charge in [-0.3, -0.25) is 14.9 Å². The van der Waals surface area contributed by atoms with Crippen LogP contribution in [0.4, 0.5) is 0 Å². The van der Waals surface area contributed by atoms with Crippen molar-refractivity contribution in [2.75, 3.05) is 20.8 Å². The molecule has 4 N–H and O–H groups in total. The van der Waals surface area contributed by atoms with E-state index in [4.69, 9.17) is 19.3 Å². The fourth-order valence-electron chi connectivity index (χ4n) is 4.64. The van der Waals surface area contributed by atoms with Gasteiger partial charge < -0.3 is 29.5 Å². The first kappa shape index (κ1) is 30.4. The Morgan fingerprint density at radius 1 is 0.950 bits per heavy atom. The van der Waals surface area contributed by atoms with E-state index in [-0.39, 0.29) is 13.0 Å². The van der Waals surface area contributed by atoms with Gasteiger partial charge in [-0.2, -0.15) is 0 Å². The highest BCUT2D eigenvalue weighted by Crippen LogP contribution is 2.36. The molecule has 0 aliphatic rings. The van der Waals surface area contributed by atoms with Gasteiger partial charge >= 0.3 is 17.9 Å². The average Bonchev–Trinajstić information content (AvgIpc) is 2.92. The van der Waals surface area contributed by atoms with Crippen LogP contribution in [0.25, 0.3) is 10.8 Å². The third-order valence-electron chi connectivity index (χ3n) is 6.67. The third-order valence-corrected chi connectivity index (χ3v) is 6.67. The van der Waals surface area contributed by atoms with E-state index in [0.29, 0.717) is 17.1 Å². The van der Waals surface area contributed by atoms with Crippen LogP contribution in [0.3, 0.4) is 0 Å². The Morgan fingerprint density at radius 2 is 1.68 bits per heavy atom. The van der Waals surface area contributed by atoms with Gasteiger partial charge in [0.15, 0.2) is 11.3 Å². The topological polar surface area (TPSA) is 152 Å². The van der Waals surface area contributed by atoms with Crippen LogP contribution >= 0.6 is 0 Å². The van der Waals surface area contributed by atoms with E-state index >= 15 is 0 Å². The Balaban J connectivity index is 1.90. The third kappa shape index (κ3) is 7.08. The molecule has 0 bridgehead atoms. The molecule has 3 rings (SSSR count). The van der Waals surface area contributed by atoms with E-state index in [1.807, 2.05) is 24.3 Å². The molecule has 40 heavy (non-hydrogen) atoms. The number of carboxylic acids is 2. The Morgan fingerprint density at radius 3 is 2.33 bits per heavy atom. The number of aliphatic hydroxyl groups is 1. The molecular formula is C30H35NO9. The van der Waals surface area contributed by atoms with Gasteiger partial charge in [0.1, 0.15) is 11.5 Å². The number of carbonyl (C=O) groups excluding carboxylic acids is 1. The molecule has 0 amide bonds. The minimum Gasteiger partial charge on any atom is -0.496 e. The van der Waals surface area contributed by atoms with Gasteiger partial charge in [-0.1, -0.05) is 55.8 Å². The van der Waals surface area contributed by atoms with Crippen LogP contribution in [-0.2, 0) is 31.3 Å². The molecule has 0 aliphatic carbocycles. The predicted molar refractivity (Wildman–Crippen MR) is 147 cm³/mol. The summed E-state index contributed by atoms with van der Waals surface area (Å²) < 4.78 is 17.4. The summed E-state index contributed by atoms with van der Waals surface area (Å²) in [6.07, 6.45) is -0.195. The van der Waals surface area contributed by atoms with Crippen molar-refractivity contribution in [2.24, 2.45) is 0 Å². The number of carboxylic acid groups (broad SMARTS) is 2. The zero-order valence-electron chi connectivity index (χ0n) is 22.8. The monoisotopic (exact) mass is 553 g/mol. The van der Waals surface area contributed by atoms with Crippen molar-refractivity contribution in [3.63, 3.8) is 0 Å². The molecule has 0 aromatic heterocycles. The first-order chi connectivity index (χ1) is 19.1. The lowest BCUT2D eigenvalue weighted by Gasteiger charge is -2.35.